The Morgan fingerprint density at radius 1 is 1.58 bits per heavy atom. The fraction of sp³-hybridized carbons (Fsp3) is 0.444. The van der Waals surface area contributed by atoms with Gasteiger partial charge in [-0.3, -0.25) is 10.2 Å². The predicted octanol–water partition coefficient (Wildman–Crippen LogP) is 0.137. The molecule has 0 aliphatic carbocycles. The summed E-state index contributed by atoms with van der Waals surface area (Å²) in [6, 6.07) is 0. The Hall–Kier alpha value is -1.55. The number of hydrogen-bond acceptors (Lipinski definition) is 8. The minimum absolute atomic E-state index is 0. The van der Waals surface area contributed by atoms with Crippen LogP contribution in [0.15, 0.2) is 10.7 Å². The van der Waals surface area contributed by atoms with Gasteiger partial charge in [0, 0.05) is 0 Å². The van der Waals surface area contributed by atoms with Gasteiger partial charge in [0.05, 0.1) is 6.61 Å². The van der Waals surface area contributed by atoms with Crippen LogP contribution in [-0.4, -0.2) is 41.0 Å². The number of ketones is 1. The van der Waals surface area contributed by atoms with Crippen molar-refractivity contribution < 1.29 is 19.2 Å². The highest BCUT2D eigenvalue weighted by atomic mass is 79.9. The molecule has 0 amide bonds. The predicted molar refractivity (Wildman–Crippen MR) is 72.4 cm³/mol. The average Bonchev–Trinajstić information content (AvgIpc) is 2.72. The van der Waals surface area contributed by atoms with E-state index in [1.54, 1.807) is 6.92 Å². The second kappa shape index (κ2) is 8.53. The van der Waals surface area contributed by atoms with Crippen molar-refractivity contribution in [1.29, 1.82) is 5.41 Å². The molecule has 0 aliphatic rings. The summed E-state index contributed by atoms with van der Waals surface area (Å²) < 4.78 is 5.83. The molecule has 1 heterocycles. The zero-order chi connectivity index (χ0) is 13.5. The second-order valence-electron chi connectivity index (χ2n) is 2.97. The highest BCUT2D eigenvalue weighted by Gasteiger charge is 2.23. The first kappa shape index (κ1) is 17.4. The molecule has 0 fully saturated rings. The zero-order valence-electron chi connectivity index (χ0n) is 10.3. The first-order valence-corrected chi connectivity index (χ1v) is 5.84. The minimum atomic E-state index is -0.855. The van der Waals surface area contributed by atoms with Crippen molar-refractivity contribution in [3.8, 4) is 0 Å². The largest absolute Gasteiger partial charge is 0.461 e. The summed E-state index contributed by atoms with van der Waals surface area (Å²) in [4.78, 5) is 27.8. The number of nitrogens with zero attached hydrogens (tertiary/aromatic N) is 3. The number of hydrogen-bond donors (Lipinski definition) is 1. The summed E-state index contributed by atoms with van der Waals surface area (Å²) in [5, 5.41) is 14.6. The van der Waals surface area contributed by atoms with Crippen molar-refractivity contribution in [2.45, 2.75) is 13.5 Å². The van der Waals surface area contributed by atoms with Crippen LogP contribution in [0.25, 0.3) is 0 Å². The molecule has 0 aromatic carbocycles. The van der Waals surface area contributed by atoms with Gasteiger partial charge < -0.3 is 9.57 Å². The fourth-order valence-electron chi connectivity index (χ4n) is 1.06. The number of esters is 1. The molecule has 106 valence electrons. The third-order valence-corrected chi connectivity index (χ3v) is 2.43. The van der Waals surface area contributed by atoms with E-state index in [1.165, 1.54) is 12.6 Å². The second-order valence-corrected chi connectivity index (χ2v) is 3.80. The van der Waals surface area contributed by atoms with Crippen LogP contribution in [0.5, 0.6) is 0 Å². The molecule has 0 atom stereocenters. The lowest BCUT2D eigenvalue weighted by molar-refractivity contribution is -0.136. The number of carbonyl (C=O) groups is 2. The van der Waals surface area contributed by atoms with Gasteiger partial charge in [0.1, 0.15) is 19.2 Å². The molecule has 0 saturated carbocycles. The molecule has 19 heavy (non-hydrogen) atoms. The number of oxime groups is 1. The lowest BCUT2D eigenvalue weighted by Crippen LogP contribution is -2.32. The van der Waals surface area contributed by atoms with E-state index in [2.05, 4.69) is 19.8 Å². The maximum absolute atomic E-state index is 11.8. The van der Waals surface area contributed by atoms with Gasteiger partial charge >= 0.3 is 5.97 Å². The first-order chi connectivity index (χ1) is 8.60. The summed E-state index contributed by atoms with van der Waals surface area (Å²) in [6.07, 6.45) is 0. The van der Waals surface area contributed by atoms with E-state index in [0.29, 0.717) is 0 Å². The molecule has 1 aromatic heterocycles. The van der Waals surface area contributed by atoms with Crippen molar-refractivity contribution >= 4 is 45.8 Å². The molecule has 0 spiro atoms. The summed E-state index contributed by atoms with van der Waals surface area (Å²) >= 11 is 1.07. The topological polar surface area (TPSA) is 107 Å². The molecule has 0 unspecified atom stereocenters. The van der Waals surface area contributed by atoms with E-state index < -0.39 is 17.5 Å². The summed E-state index contributed by atoms with van der Waals surface area (Å²) in [7, 11) is 1.22. The number of nitrogens with one attached hydrogen (secondary N) is 1. The number of Topliss-reactive ketones (excluding diaryl/α,β-unsaturated/α-hetero) is 1. The Labute approximate surface area is 123 Å². The number of aromatic nitrogens is 2. The Morgan fingerprint density at radius 2 is 2.26 bits per heavy atom. The molecule has 1 aromatic rings. The maximum Gasteiger partial charge on any atom is 0.364 e. The summed E-state index contributed by atoms with van der Waals surface area (Å²) in [5.74, 6) is -1.48. The van der Waals surface area contributed by atoms with Crippen molar-refractivity contribution in [2.24, 2.45) is 5.16 Å². The third kappa shape index (κ3) is 4.91. The van der Waals surface area contributed by atoms with E-state index in [0.717, 1.165) is 16.0 Å². The summed E-state index contributed by atoms with van der Waals surface area (Å²) in [5.41, 5.74) is 0.979. The van der Waals surface area contributed by atoms with E-state index in [1.807, 2.05) is 0 Å². The quantitative estimate of drug-likeness (QED) is 0.339. The normalized spacial score (nSPS) is 10.5. The van der Waals surface area contributed by atoms with Crippen LogP contribution in [0, 0.1) is 5.41 Å². The molecule has 0 aliphatic heterocycles. The number of halogens is 1. The third-order valence-electron chi connectivity index (χ3n) is 1.79. The highest BCUT2D eigenvalue weighted by Crippen LogP contribution is 1.93. The lowest BCUT2D eigenvalue weighted by Gasteiger charge is -2.04. The van der Waals surface area contributed by atoms with Crippen LogP contribution in [0.3, 0.4) is 0 Å². The molecule has 1 N–H and O–H groups in total. The minimum Gasteiger partial charge on any atom is -0.461 e. The van der Waals surface area contributed by atoms with E-state index in [9.17, 15) is 9.59 Å². The van der Waals surface area contributed by atoms with Crippen LogP contribution < -0.4 is 4.80 Å². The number of carbonyl (C=O) groups excluding carboxylic acids is 2. The van der Waals surface area contributed by atoms with Crippen LogP contribution >= 0.6 is 28.3 Å². The molecule has 0 bridgehead atoms. The van der Waals surface area contributed by atoms with Gasteiger partial charge in [0.2, 0.25) is 11.5 Å². The Kier molecular flexibility index (Phi) is 7.84. The molecule has 0 saturated heterocycles. The van der Waals surface area contributed by atoms with Gasteiger partial charge in [-0.25, -0.2) is 9.48 Å². The van der Waals surface area contributed by atoms with E-state index in [-0.39, 0.29) is 34.9 Å². The highest BCUT2D eigenvalue weighted by molar-refractivity contribution is 8.93. The zero-order valence-corrected chi connectivity index (χ0v) is 12.8. The molecular formula is C9H13BrN4O4S. The van der Waals surface area contributed by atoms with Gasteiger partial charge in [0.25, 0.3) is 0 Å². The summed E-state index contributed by atoms with van der Waals surface area (Å²) in [6.45, 7) is 1.48. The molecule has 10 heteroatoms. The van der Waals surface area contributed by atoms with Gasteiger partial charge in [-0.15, -0.1) is 17.0 Å². The van der Waals surface area contributed by atoms with Crippen LogP contribution in [0.1, 0.15) is 6.92 Å². The van der Waals surface area contributed by atoms with Gasteiger partial charge in [-0.2, -0.15) is 5.10 Å². The molecule has 0 radical (unpaired) electrons. The lowest BCUT2D eigenvalue weighted by atomic mass is 10.2. The standard InChI is InChI=1S/C9H12N4O4S.BrH/c1-3-17-8(15)7(12-16-2)6(14)4-13-9(10)18-5-11-13;/h5,10H,3-4H2,1-2H3;1H/b10-9?,12-7-;. The average molecular weight is 353 g/mol. The SMILES string of the molecule is Br.CCOC(=O)/C(=N\OC)C(=O)Cn1ncsc1=N. The number of rotatable bonds is 6. The van der Waals surface area contributed by atoms with Crippen LogP contribution in [-0.2, 0) is 25.7 Å². The molecular weight excluding hydrogens is 340 g/mol. The first-order valence-electron chi connectivity index (χ1n) is 4.96. The van der Waals surface area contributed by atoms with Gasteiger partial charge in [-0.1, -0.05) is 16.5 Å². The maximum atomic E-state index is 11.8. The van der Waals surface area contributed by atoms with Gasteiger partial charge in [-0.05, 0) is 6.92 Å². The molecule has 1 rings (SSSR count). The Bertz CT molecular complexity index is 524. The smallest absolute Gasteiger partial charge is 0.364 e. The van der Waals surface area contributed by atoms with Crippen molar-refractivity contribution in [3.63, 3.8) is 0 Å². The Balaban J connectivity index is 0.00000324. The van der Waals surface area contributed by atoms with Crippen LogP contribution in [0.4, 0.5) is 0 Å². The van der Waals surface area contributed by atoms with E-state index in [4.69, 9.17) is 5.41 Å². The number of ether oxygens (including phenoxy) is 1. The molecule has 8 nitrogen and oxygen atoms in total. The van der Waals surface area contributed by atoms with Gasteiger partial charge in [0.15, 0.2) is 4.80 Å². The van der Waals surface area contributed by atoms with Crippen molar-refractivity contribution in [1.82, 2.24) is 9.78 Å². The monoisotopic (exact) mass is 352 g/mol. The van der Waals surface area contributed by atoms with Crippen molar-refractivity contribution in [2.75, 3.05) is 13.7 Å². The van der Waals surface area contributed by atoms with Crippen LogP contribution in [0.2, 0.25) is 0 Å². The van der Waals surface area contributed by atoms with Crippen molar-refractivity contribution in [3.05, 3.63) is 10.3 Å². The van der Waals surface area contributed by atoms with E-state index >= 15 is 0 Å². The Morgan fingerprint density at radius 3 is 2.74 bits per heavy atom. The fourth-order valence-corrected chi connectivity index (χ4v) is 1.55.